The fourth-order valence-corrected chi connectivity index (χ4v) is 3.37. The predicted octanol–water partition coefficient (Wildman–Crippen LogP) is 3.97. The fourth-order valence-electron chi connectivity index (χ4n) is 3.24. The molecule has 2 atom stereocenters. The Bertz CT molecular complexity index is 822. The lowest BCUT2D eigenvalue weighted by Gasteiger charge is -2.21. The monoisotopic (exact) mass is 386 g/mol. The minimum Gasteiger partial charge on any atom is -0.492 e. The number of rotatable bonds is 6. The number of nitrogens with one attached hydrogen (secondary N) is 1. The molecule has 27 heavy (non-hydrogen) atoms. The molecule has 6 heteroatoms. The summed E-state index contributed by atoms with van der Waals surface area (Å²) >= 11 is 5.91. The van der Waals surface area contributed by atoms with Gasteiger partial charge in [0.05, 0.1) is 24.3 Å². The molecule has 0 spiro atoms. The van der Waals surface area contributed by atoms with Crippen LogP contribution in [-0.2, 0) is 9.59 Å². The Hall–Kier alpha value is -2.53. The van der Waals surface area contributed by atoms with Gasteiger partial charge in [-0.15, -0.1) is 0 Å². The molecule has 1 saturated heterocycles. The van der Waals surface area contributed by atoms with E-state index in [0.717, 1.165) is 5.56 Å². The molecule has 0 aliphatic carbocycles. The summed E-state index contributed by atoms with van der Waals surface area (Å²) in [6, 6.07) is 14.6. The molecule has 5 nitrogen and oxygen atoms in total. The van der Waals surface area contributed by atoms with Crippen LogP contribution in [0.4, 0.5) is 5.69 Å². The zero-order valence-corrected chi connectivity index (χ0v) is 16.2. The number of amides is 2. The molecule has 142 valence electrons. The molecular formula is C21H23ClN2O3. The molecule has 2 aromatic rings. The fraction of sp³-hybridized carbons (Fsp3) is 0.333. The van der Waals surface area contributed by atoms with Gasteiger partial charge in [0.25, 0.3) is 0 Å². The van der Waals surface area contributed by atoms with Crippen LogP contribution < -0.4 is 15.0 Å². The molecule has 2 aromatic carbocycles. The van der Waals surface area contributed by atoms with Crippen LogP contribution in [0.25, 0.3) is 0 Å². The van der Waals surface area contributed by atoms with Crippen molar-refractivity contribution in [2.75, 3.05) is 18.1 Å². The van der Waals surface area contributed by atoms with Gasteiger partial charge in [0.15, 0.2) is 0 Å². The van der Waals surface area contributed by atoms with Crippen LogP contribution in [0, 0.1) is 5.92 Å². The number of benzene rings is 2. The molecule has 1 fully saturated rings. The van der Waals surface area contributed by atoms with E-state index in [1.54, 1.807) is 17.0 Å². The van der Waals surface area contributed by atoms with Crippen LogP contribution in [0.1, 0.15) is 31.9 Å². The van der Waals surface area contributed by atoms with Gasteiger partial charge in [-0.3, -0.25) is 9.59 Å². The third kappa shape index (κ3) is 4.42. The van der Waals surface area contributed by atoms with E-state index < -0.39 is 0 Å². The van der Waals surface area contributed by atoms with Crippen molar-refractivity contribution in [3.05, 3.63) is 59.1 Å². The molecule has 0 aromatic heterocycles. The third-order valence-corrected chi connectivity index (χ3v) is 4.93. The Morgan fingerprint density at radius 3 is 2.67 bits per heavy atom. The van der Waals surface area contributed by atoms with Crippen LogP contribution in [0.5, 0.6) is 5.75 Å². The molecule has 1 aliphatic heterocycles. The predicted molar refractivity (Wildman–Crippen MR) is 106 cm³/mol. The van der Waals surface area contributed by atoms with Gasteiger partial charge in [-0.1, -0.05) is 35.9 Å². The largest absolute Gasteiger partial charge is 0.492 e. The smallest absolute Gasteiger partial charge is 0.227 e. The summed E-state index contributed by atoms with van der Waals surface area (Å²) in [6.45, 7) is 4.68. The second-order valence-corrected chi connectivity index (χ2v) is 7.02. The second-order valence-electron chi connectivity index (χ2n) is 6.59. The molecular weight excluding hydrogens is 364 g/mol. The van der Waals surface area contributed by atoms with Crippen molar-refractivity contribution in [2.45, 2.75) is 26.3 Å². The normalized spacial score (nSPS) is 17.7. The third-order valence-electron chi connectivity index (χ3n) is 4.68. The highest BCUT2D eigenvalue weighted by molar-refractivity contribution is 6.30. The Labute approximate surface area is 164 Å². The number of halogens is 1. The lowest BCUT2D eigenvalue weighted by molar-refractivity contribution is -0.126. The van der Waals surface area contributed by atoms with E-state index in [1.807, 2.05) is 50.2 Å². The molecule has 1 N–H and O–H groups in total. The highest BCUT2D eigenvalue weighted by Gasteiger charge is 2.36. The van der Waals surface area contributed by atoms with E-state index in [9.17, 15) is 9.59 Å². The average Bonchev–Trinajstić information content (AvgIpc) is 3.05. The summed E-state index contributed by atoms with van der Waals surface area (Å²) in [7, 11) is 0. The van der Waals surface area contributed by atoms with Crippen molar-refractivity contribution in [3.63, 3.8) is 0 Å². The summed E-state index contributed by atoms with van der Waals surface area (Å²) in [6.07, 6.45) is 0.194. The van der Waals surface area contributed by atoms with Crippen molar-refractivity contribution in [3.8, 4) is 5.75 Å². The van der Waals surface area contributed by atoms with Gasteiger partial charge < -0.3 is 15.0 Å². The van der Waals surface area contributed by atoms with Crippen LogP contribution in [0.15, 0.2) is 48.5 Å². The number of para-hydroxylation sites is 2. The summed E-state index contributed by atoms with van der Waals surface area (Å²) < 4.78 is 5.62. The Kier molecular flexibility index (Phi) is 6.01. The Morgan fingerprint density at radius 1 is 1.26 bits per heavy atom. The van der Waals surface area contributed by atoms with Crippen molar-refractivity contribution in [1.29, 1.82) is 0 Å². The van der Waals surface area contributed by atoms with E-state index >= 15 is 0 Å². The quantitative estimate of drug-likeness (QED) is 0.817. The molecule has 2 unspecified atom stereocenters. The Morgan fingerprint density at radius 2 is 1.96 bits per heavy atom. The first kappa shape index (κ1) is 19.2. The van der Waals surface area contributed by atoms with Gasteiger partial charge >= 0.3 is 0 Å². The van der Waals surface area contributed by atoms with Crippen LogP contribution in [0.2, 0.25) is 5.02 Å². The first-order valence-electron chi connectivity index (χ1n) is 9.07. The summed E-state index contributed by atoms with van der Waals surface area (Å²) in [4.78, 5) is 26.8. The summed E-state index contributed by atoms with van der Waals surface area (Å²) in [5.41, 5.74) is 1.68. The van der Waals surface area contributed by atoms with Crippen molar-refractivity contribution in [1.82, 2.24) is 5.32 Å². The SMILES string of the molecule is CCOc1ccccc1N1CC(C(=O)NC(C)c2ccc(Cl)cc2)CC1=O. The molecule has 0 saturated carbocycles. The van der Waals surface area contributed by atoms with E-state index in [2.05, 4.69) is 5.32 Å². The highest BCUT2D eigenvalue weighted by Crippen LogP contribution is 2.33. The zero-order chi connectivity index (χ0) is 19.4. The number of carbonyl (C=O) groups excluding carboxylic acids is 2. The molecule has 1 heterocycles. The van der Waals surface area contributed by atoms with E-state index in [4.69, 9.17) is 16.3 Å². The second kappa shape index (κ2) is 8.44. The molecule has 2 amide bonds. The highest BCUT2D eigenvalue weighted by atomic mass is 35.5. The number of hydrogen-bond acceptors (Lipinski definition) is 3. The van der Waals surface area contributed by atoms with Gasteiger partial charge in [0.2, 0.25) is 11.8 Å². The van der Waals surface area contributed by atoms with Crippen molar-refractivity contribution >= 4 is 29.1 Å². The van der Waals surface area contributed by atoms with E-state index in [-0.39, 0.29) is 30.2 Å². The number of carbonyl (C=O) groups is 2. The lowest BCUT2D eigenvalue weighted by Crippen LogP contribution is -2.34. The maximum Gasteiger partial charge on any atom is 0.227 e. The minimum atomic E-state index is -0.387. The zero-order valence-electron chi connectivity index (χ0n) is 15.4. The Balaban J connectivity index is 1.68. The van der Waals surface area contributed by atoms with Crippen LogP contribution in [-0.4, -0.2) is 25.0 Å². The number of nitrogens with zero attached hydrogens (tertiary/aromatic N) is 1. The maximum absolute atomic E-state index is 12.7. The lowest BCUT2D eigenvalue weighted by atomic mass is 10.1. The van der Waals surface area contributed by atoms with Gasteiger partial charge in [-0.05, 0) is 43.7 Å². The average molecular weight is 387 g/mol. The van der Waals surface area contributed by atoms with Crippen molar-refractivity contribution < 1.29 is 14.3 Å². The number of hydrogen-bond donors (Lipinski definition) is 1. The van der Waals surface area contributed by atoms with Crippen molar-refractivity contribution in [2.24, 2.45) is 5.92 Å². The molecule has 3 rings (SSSR count). The van der Waals surface area contributed by atoms with Gasteiger partial charge in [0.1, 0.15) is 5.75 Å². The summed E-state index contributed by atoms with van der Waals surface area (Å²) in [5.74, 6) is 0.0783. The molecule has 1 aliphatic rings. The molecule has 0 radical (unpaired) electrons. The van der Waals surface area contributed by atoms with E-state index in [0.29, 0.717) is 29.6 Å². The first-order chi connectivity index (χ1) is 13.0. The maximum atomic E-state index is 12.7. The van der Waals surface area contributed by atoms with Crippen LogP contribution >= 0.6 is 11.6 Å². The minimum absolute atomic E-state index is 0.0681. The van der Waals surface area contributed by atoms with Gasteiger partial charge in [-0.25, -0.2) is 0 Å². The number of ether oxygens (including phenoxy) is 1. The standard InChI is InChI=1S/C21H23ClN2O3/c1-3-27-19-7-5-4-6-18(19)24-13-16(12-20(24)25)21(26)23-14(2)15-8-10-17(22)11-9-15/h4-11,14,16H,3,12-13H2,1-2H3,(H,23,26). The van der Waals surface area contributed by atoms with Gasteiger partial charge in [0, 0.05) is 18.0 Å². The molecule has 0 bridgehead atoms. The van der Waals surface area contributed by atoms with E-state index in [1.165, 1.54) is 0 Å². The van der Waals surface area contributed by atoms with Gasteiger partial charge in [-0.2, -0.15) is 0 Å². The summed E-state index contributed by atoms with van der Waals surface area (Å²) in [5, 5.41) is 3.65. The number of anilines is 1. The van der Waals surface area contributed by atoms with Crippen LogP contribution in [0.3, 0.4) is 0 Å². The topological polar surface area (TPSA) is 58.6 Å². The first-order valence-corrected chi connectivity index (χ1v) is 9.45.